The number of aryl methyl sites for hydroxylation is 1. The van der Waals surface area contributed by atoms with Crippen LogP contribution in [0.25, 0.3) is 0 Å². The zero-order valence-electron chi connectivity index (χ0n) is 10.4. The Morgan fingerprint density at radius 3 is 2.79 bits per heavy atom. The SMILES string of the molecule is Cc1cc(Br)c(N2CC(CN)CC2=O)c([N+](=O)[O-])c1. The number of rotatable bonds is 3. The number of benzene rings is 1. The molecule has 0 saturated carbocycles. The Hall–Kier alpha value is -1.47. The van der Waals surface area contributed by atoms with E-state index >= 15 is 0 Å². The lowest BCUT2D eigenvalue weighted by Gasteiger charge is -2.18. The molecule has 1 unspecified atom stereocenters. The van der Waals surface area contributed by atoms with Crippen LogP contribution in [0.5, 0.6) is 0 Å². The van der Waals surface area contributed by atoms with Crippen molar-refractivity contribution in [1.29, 1.82) is 0 Å². The summed E-state index contributed by atoms with van der Waals surface area (Å²) in [7, 11) is 0. The number of hydrogen-bond donors (Lipinski definition) is 1. The molecule has 6 nitrogen and oxygen atoms in total. The van der Waals surface area contributed by atoms with Crippen LogP contribution in [-0.4, -0.2) is 23.9 Å². The highest BCUT2D eigenvalue weighted by Gasteiger charge is 2.35. The molecule has 1 heterocycles. The molecule has 7 heteroatoms. The summed E-state index contributed by atoms with van der Waals surface area (Å²) in [5, 5.41) is 11.2. The standard InChI is InChI=1S/C12H14BrN3O3/c1-7-2-9(13)12(10(3-7)16(18)19)15-6-8(5-14)4-11(15)17/h2-3,8H,4-6,14H2,1H3. The van der Waals surface area contributed by atoms with E-state index in [0.717, 1.165) is 5.56 Å². The van der Waals surface area contributed by atoms with Gasteiger partial charge in [0, 0.05) is 23.5 Å². The van der Waals surface area contributed by atoms with Crippen molar-refractivity contribution >= 4 is 33.2 Å². The molecule has 2 rings (SSSR count). The fourth-order valence-corrected chi connectivity index (χ4v) is 3.06. The van der Waals surface area contributed by atoms with Gasteiger partial charge in [-0.3, -0.25) is 14.9 Å². The second-order valence-electron chi connectivity index (χ2n) is 4.68. The molecule has 1 aliphatic heterocycles. The van der Waals surface area contributed by atoms with Crippen LogP contribution in [0.1, 0.15) is 12.0 Å². The minimum Gasteiger partial charge on any atom is -0.330 e. The predicted molar refractivity (Wildman–Crippen MR) is 75.0 cm³/mol. The third-order valence-corrected chi connectivity index (χ3v) is 3.80. The molecule has 1 amide bonds. The van der Waals surface area contributed by atoms with Crippen LogP contribution in [0.4, 0.5) is 11.4 Å². The van der Waals surface area contributed by atoms with E-state index in [1.165, 1.54) is 11.0 Å². The maximum Gasteiger partial charge on any atom is 0.294 e. The normalized spacial score (nSPS) is 19.0. The molecule has 1 aliphatic rings. The van der Waals surface area contributed by atoms with Crippen LogP contribution in [0.2, 0.25) is 0 Å². The molecule has 19 heavy (non-hydrogen) atoms. The van der Waals surface area contributed by atoms with E-state index in [1.54, 1.807) is 13.0 Å². The molecule has 0 radical (unpaired) electrons. The fourth-order valence-electron chi connectivity index (χ4n) is 2.28. The maximum absolute atomic E-state index is 12.0. The highest BCUT2D eigenvalue weighted by atomic mass is 79.9. The van der Waals surface area contributed by atoms with Gasteiger partial charge in [0.05, 0.1) is 4.92 Å². The molecule has 1 aromatic carbocycles. The van der Waals surface area contributed by atoms with Gasteiger partial charge >= 0.3 is 0 Å². The number of halogens is 1. The minimum absolute atomic E-state index is 0.0558. The van der Waals surface area contributed by atoms with E-state index in [0.29, 0.717) is 29.7 Å². The largest absolute Gasteiger partial charge is 0.330 e. The lowest BCUT2D eigenvalue weighted by Crippen LogP contribution is -2.27. The second-order valence-corrected chi connectivity index (χ2v) is 5.54. The first-order valence-corrected chi connectivity index (χ1v) is 6.68. The predicted octanol–water partition coefficient (Wildman–Crippen LogP) is 1.98. The molecule has 1 aromatic rings. The first kappa shape index (κ1) is 14.0. The average Bonchev–Trinajstić information content (AvgIpc) is 2.69. The van der Waals surface area contributed by atoms with Crippen molar-refractivity contribution < 1.29 is 9.72 Å². The van der Waals surface area contributed by atoms with E-state index < -0.39 is 4.92 Å². The molecule has 0 spiro atoms. The topological polar surface area (TPSA) is 89.5 Å². The molecule has 0 aromatic heterocycles. The zero-order chi connectivity index (χ0) is 14.2. The molecular formula is C12H14BrN3O3. The number of hydrogen-bond acceptors (Lipinski definition) is 4. The zero-order valence-corrected chi connectivity index (χ0v) is 12.0. The van der Waals surface area contributed by atoms with Crippen LogP contribution in [0, 0.1) is 23.0 Å². The number of amides is 1. The Morgan fingerprint density at radius 1 is 1.58 bits per heavy atom. The average molecular weight is 328 g/mol. The number of carbonyl (C=O) groups excluding carboxylic acids is 1. The van der Waals surface area contributed by atoms with Crippen LogP contribution in [-0.2, 0) is 4.79 Å². The Morgan fingerprint density at radius 2 is 2.26 bits per heavy atom. The molecule has 1 atom stereocenters. The molecule has 0 bridgehead atoms. The van der Waals surface area contributed by atoms with Crippen molar-refractivity contribution in [2.24, 2.45) is 11.7 Å². The second kappa shape index (κ2) is 5.26. The van der Waals surface area contributed by atoms with Gasteiger partial charge in [0.25, 0.3) is 5.69 Å². The van der Waals surface area contributed by atoms with Crippen molar-refractivity contribution in [1.82, 2.24) is 0 Å². The van der Waals surface area contributed by atoms with E-state index in [4.69, 9.17) is 5.73 Å². The van der Waals surface area contributed by atoms with Gasteiger partial charge in [0.1, 0.15) is 5.69 Å². The first-order valence-electron chi connectivity index (χ1n) is 5.89. The van der Waals surface area contributed by atoms with E-state index in [2.05, 4.69) is 15.9 Å². The number of carbonyl (C=O) groups is 1. The number of nitro groups is 1. The third kappa shape index (κ3) is 2.62. The summed E-state index contributed by atoms with van der Waals surface area (Å²) in [6.45, 7) is 2.60. The molecule has 1 fully saturated rings. The molecule has 0 aliphatic carbocycles. The first-order chi connectivity index (χ1) is 8.93. The molecule has 1 saturated heterocycles. The van der Waals surface area contributed by atoms with Gasteiger partial charge < -0.3 is 10.6 Å². The van der Waals surface area contributed by atoms with Gasteiger partial charge in [-0.1, -0.05) is 0 Å². The highest BCUT2D eigenvalue weighted by Crippen LogP contribution is 2.39. The smallest absolute Gasteiger partial charge is 0.294 e. The molecule has 2 N–H and O–H groups in total. The summed E-state index contributed by atoms with van der Waals surface area (Å²) in [5.41, 5.74) is 6.61. The summed E-state index contributed by atoms with van der Waals surface area (Å²) in [4.78, 5) is 24.1. The maximum atomic E-state index is 12.0. The third-order valence-electron chi connectivity index (χ3n) is 3.19. The fraction of sp³-hybridized carbons (Fsp3) is 0.417. The van der Waals surface area contributed by atoms with Gasteiger partial charge in [-0.05, 0) is 46.9 Å². The monoisotopic (exact) mass is 327 g/mol. The summed E-state index contributed by atoms with van der Waals surface area (Å²) in [5.74, 6) is -0.0663. The quantitative estimate of drug-likeness (QED) is 0.679. The lowest BCUT2D eigenvalue weighted by atomic mass is 10.1. The van der Waals surface area contributed by atoms with Crippen LogP contribution >= 0.6 is 15.9 Å². The number of nitrogens with zero attached hydrogens (tertiary/aromatic N) is 2. The van der Waals surface area contributed by atoms with Crippen LogP contribution < -0.4 is 10.6 Å². The Balaban J connectivity index is 2.50. The molecular weight excluding hydrogens is 314 g/mol. The van der Waals surface area contributed by atoms with Crippen molar-refractivity contribution in [2.45, 2.75) is 13.3 Å². The lowest BCUT2D eigenvalue weighted by molar-refractivity contribution is -0.384. The Labute approximate surface area is 118 Å². The van der Waals surface area contributed by atoms with Crippen molar-refractivity contribution in [2.75, 3.05) is 18.0 Å². The minimum atomic E-state index is -0.462. The van der Waals surface area contributed by atoms with Crippen molar-refractivity contribution in [3.05, 3.63) is 32.3 Å². The van der Waals surface area contributed by atoms with Gasteiger partial charge in [-0.25, -0.2) is 0 Å². The highest BCUT2D eigenvalue weighted by molar-refractivity contribution is 9.10. The summed E-state index contributed by atoms with van der Waals surface area (Å²) in [6, 6.07) is 3.24. The van der Waals surface area contributed by atoms with E-state index in [1.807, 2.05) is 0 Å². The summed E-state index contributed by atoms with van der Waals surface area (Å²) in [6.07, 6.45) is 0.341. The van der Waals surface area contributed by atoms with Crippen molar-refractivity contribution in [3.8, 4) is 0 Å². The van der Waals surface area contributed by atoms with E-state index in [-0.39, 0.29) is 17.5 Å². The van der Waals surface area contributed by atoms with Crippen LogP contribution in [0.15, 0.2) is 16.6 Å². The Kier molecular flexibility index (Phi) is 3.86. The number of nitrogens with two attached hydrogens (primary N) is 1. The number of anilines is 1. The summed E-state index contributed by atoms with van der Waals surface area (Å²) < 4.78 is 0.560. The number of nitro benzene ring substituents is 1. The van der Waals surface area contributed by atoms with Crippen LogP contribution in [0.3, 0.4) is 0 Å². The van der Waals surface area contributed by atoms with Gasteiger partial charge in [0.2, 0.25) is 5.91 Å². The van der Waals surface area contributed by atoms with Gasteiger partial charge in [-0.2, -0.15) is 0 Å². The Bertz CT molecular complexity index is 547. The van der Waals surface area contributed by atoms with Crippen molar-refractivity contribution in [3.63, 3.8) is 0 Å². The summed E-state index contributed by atoms with van der Waals surface area (Å²) >= 11 is 3.32. The molecule has 102 valence electrons. The van der Waals surface area contributed by atoms with E-state index in [9.17, 15) is 14.9 Å². The van der Waals surface area contributed by atoms with Gasteiger partial charge in [-0.15, -0.1) is 0 Å². The van der Waals surface area contributed by atoms with Gasteiger partial charge in [0.15, 0.2) is 0 Å².